The smallest absolute Gasteiger partial charge is 0.161 e. The van der Waals surface area contributed by atoms with E-state index in [-0.39, 0.29) is 5.75 Å². The zero-order valence-electron chi connectivity index (χ0n) is 8.21. The Bertz CT molecular complexity index is 269. The molecule has 2 heteroatoms. The van der Waals surface area contributed by atoms with Gasteiger partial charge in [-0.25, -0.2) is 0 Å². The first kappa shape index (κ1) is 9.90. The predicted molar refractivity (Wildman–Crippen MR) is 53.2 cm³/mol. The van der Waals surface area contributed by atoms with Crippen LogP contribution in [0.15, 0.2) is 18.2 Å². The highest BCUT2D eigenvalue weighted by Crippen LogP contribution is 2.26. The molecule has 0 aliphatic carbocycles. The lowest BCUT2D eigenvalue weighted by Crippen LogP contribution is -1.96. The largest absolute Gasteiger partial charge is 0.504 e. The fourth-order valence-corrected chi connectivity index (χ4v) is 1.06. The second-order valence-electron chi connectivity index (χ2n) is 3.17. The van der Waals surface area contributed by atoms with E-state index >= 15 is 0 Å². The molecule has 0 aliphatic heterocycles. The van der Waals surface area contributed by atoms with E-state index < -0.39 is 0 Å². The van der Waals surface area contributed by atoms with Gasteiger partial charge in [-0.05, 0) is 31.0 Å². The Balaban J connectivity index is 2.59. The van der Waals surface area contributed by atoms with Gasteiger partial charge in [0.1, 0.15) is 0 Å². The molecule has 0 saturated heterocycles. The van der Waals surface area contributed by atoms with Gasteiger partial charge in [-0.15, -0.1) is 0 Å². The van der Waals surface area contributed by atoms with Crippen molar-refractivity contribution in [1.29, 1.82) is 0 Å². The summed E-state index contributed by atoms with van der Waals surface area (Å²) in [6, 6.07) is 5.38. The minimum atomic E-state index is 0.224. The summed E-state index contributed by atoms with van der Waals surface area (Å²) < 4.78 is 5.41. The van der Waals surface area contributed by atoms with Gasteiger partial charge in [0, 0.05) is 0 Å². The number of hydrogen-bond donors (Lipinski definition) is 1. The molecule has 72 valence electrons. The number of rotatable bonds is 4. The lowest BCUT2D eigenvalue weighted by Gasteiger charge is -2.07. The summed E-state index contributed by atoms with van der Waals surface area (Å²) in [5, 5.41) is 9.41. The van der Waals surface area contributed by atoms with Crippen LogP contribution in [-0.2, 0) is 0 Å². The first-order valence-electron chi connectivity index (χ1n) is 4.66. The Morgan fingerprint density at radius 3 is 2.85 bits per heavy atom. The van der Waals surface area contributed by atoms with Gasteiger partial charge in [0.25, 0.3) is 0 Å². The summed E-state index contributed by atoms with van der Waals surface area (Å²) in [5.74, 6) is 0.815. The van der Waals surface area contributed by atoms with Crippen LogP contribution in [0.4, 0.5) is 0 Å². The molecule has 0 amide bonds. The summed E-state index contributed by atoms with van der Waals surface area (Å²) in [7, 11) is 0. The molecule has 13 heavy (non-hydrogen) atoms. The van der Waals surface area contributed by atoms with Gasteiger partial charge in [-0.1, -0.05) is 19.4 Å². The van der Waals surface area contributed by atoms with Gasteiger partial charge in [-0.2, -0.15) is 0 Å². The van der Waals surface area contributed by atoms with Gasteiger partial charge < -0.3 is 9.84 Å². The quantitative estimate of drug-likeness (QED) is 0.722. The number of benzene rings is 1. The number of aromatic hydroxyl groups is 1. The number of phenols is 1. The van der Waals surface area contributed by atoms with E-state index in [1.54, 1.807) is 6.07 Å². The zero-order valence-corrected chi connectivity index (χ0v) is 8.21. The lowest BCUT2D eigenvalue weighted by molar-refractivity contribution is 0.292. The Labute approximate surface area is 79.2 Å². The maximum absolute atomic E-state index is 9.41. The van der Waals surface area contributed by atoms with Gasteiger partial charge in [0.05, 0.1) is 6.61 Å². The summed E-state index contributed by atoms with van der Waals surface area (Å²) in [5.41, 5.74) is 1.10. The summed E-state index contributed by atoms with van der Waals surface area (Å²) in [6.45, 7) is 4.76. The minimum Gasteiger partial charge on any atom is -0.504 e. The van der Waals surface area contributed by atoms with E-state index in [1.165, 1.54) is 0 Å². The summed E-state index contributed by atoms with van der Waals surface area (Å²) >= 11 is 0. The van der Waals surface area contributed by atoms with Crippen molar-refractivity contribution in [1.82, 2.24) is 0 Å². The Morgan fingerprint density at radius 1 is 1.38 bits per heavy atom. The maximum Gasteiger partial charge on any atom is 0.161 e. The van der Waals surface area contributed by atoms with Crippen LogP contribution in [0.1, 0.15) is 25.3 Å². The second kappa shape index (κ2) is 4.75. The lowest BCUT2D eigenvalue weighted by atomic mass is 10.2. The van der Waals surface area contributed by atoms with Crippen LogP contribution in [-0.4, -0.2) is 11.7 Å². The van der Waals surface area contributed by atoms with Crippen molar-refractivity contribution in [2.24, 2.45) is 0 Å². The molecule has 0 aliphatic rings. The molecule has 0 fully saturated rings. The molecule has 0 heterocycles. The monoisotopic (exact) mass is 180 g/mol. The fraction of sp³-hybridized carbons (Fsp3) is 0.455. The molecule has 0 aromatic heterocycles. The van der Waals surface area contributed by atoms with E-state index in [2.05, 4.69) is 6.92 Å². The van der Waals surface area contributed by atoms with Crippen molar-refractivity contribution in [3.8, 4) is 11.5 Å². The Hall–Kier alpha value is -1.18. The van der Waals surface area contributed by atoms with Crippen LogP contribution in [0.3, 0.4) is 0 Å². The van der Waals surface area contributed by atoms with Gasteiger partial charge >= 0.3 is 0 Å². The first-order valence-corrected chi connectivity index (χ1v) is 4.66. The maximum atomic E-state index is 9.41. The molecule has 0 bridgehead atoms. The normalized spacial score (nSPS) is 10.0. The molecule has 0 saturated carbocycles. The molecule has 2 nitrogen and oxygen atoms in total. The molecule has 0 spiro atoms. The van der Waals surface area contributed by atoms with Crippen molar-refractivity contribution >= 4 is 0 Å². The number of unbranched alkanes of at least 4 members (excludes halogenated alkanes) is 1. The average Bonchev–Trinajstić information content (AvgIpc) is 2.11. The topological polar surface area (TPSA) is 29.5 Å². The molecule has 1 aromatic carbocycles. The highest BCUT2D eigenvalue weighted by atomic mass is 16.5. The molecule has 0 radical (unpaired) electrons. The van der Waals surface area contributed by atoms with Gasteiger partial charge in [0.15, 0.2) is 11.5 Å². The SMILES string of the molecule is CCCCOc1cc(C)ccc1O. The molecule has 0 atom stereocenters. The standard InChI is InChI=1S/C11H16O2/c1-3-4-7-13-11-8-9(2)5-6-10(11)12/h5-6,8,12H,3-4,7H2,1-2H3. The number of aryl methyl sites for hydroxylation is 1. The van der Waals surface area contributed by atoms with Crippen LogP contribution in [0, 0.1) is 6.92 Å². The number of phenolic OH excluding ortho intramolecular Hbond substituents is 1. The molecule has 1 N–H and O–H groups in total. The van der Waals surface area contributed by atoms with Gasteiger partial charge in [-0.3, -0.25) is 0 Å². The highest BCUT2D eigenvalue weighted by molar-refractivity contribution is 5.41. The third-order valence-electron chi connectivity index (χ3n) is 1.87. The van der Waals surface area contributed by atoms with E-state index in [0.29, 0.717) is 12.4 Å². The third kappa shape index (κ3) is 2.98. The summed E-state index contributed by atoms with van der Waals surface area (Å²) in [4.78, 5) is 0. The van der Waals surface area contributed by atoms with Crippen LogP contribution in [0.25, 0.3) is 0 Å². The van der Waals surface area contributed by atoms with Crippen molar-refractivity contribution in [2.75, 3.05) is 6.61 Å². The molecular formula is C11H16O2. The van der Waals surface area contributed by atoms with Gasteiger partial charge in [0.2, 0.25) is 0 Å². The molecule has 0 unspecified atom stereocenters. The molecule has 1 rings (SSSR count). The predicted octanol–water partition coefficient (Wildman–Crippen LogP) is 2.88. The highest BCUT2D eigenvalue weighted by Gasteiger charge is 2.00. The minimum absolute atomic E-state index is 0.224. The Morgan fingerprint density at radius 2 is 2.15 bits per heavy atom. The number of ether oxygens (including phenoxy) is 1. The van der Waals surface area contributed by atoms with E-state index in [4.69, 9.17) is 4.74 Å². The van der Waals surface area contributed by atoms with Crippen LogP contribution in [0.5, 0.6) is 11.5 Å². The van der Waals surface area contributed by atoms with E-state index in [9.17, 15) is 5.11 Å². The Kier molecular flexibility index (Phi) is 3.62. The number of hydrogen-bond acceptors (Lipinski definition) is 2. The fourth-order valence-electron chi connectivity index (χ4n) is 1.06. The van der Waals surface area contributed by atoms with Crippen molar-refractivity contribution < 1.29 is 9.84 Å². The van der Waals surface area contributed by atoms with Crippen LogP contribution in [0.2, 0.25) is 0 Å². The zero-order chi connectivity index (χ0) is 9.68. The van der Waals surface area contributed by atoms with E-state index in [1.807, 2.05) is 19.1 Å². The van der Waals surface area contributed by atoms with Crippen molar-refractivity contribution in [3.63, 3.8) is 0 Å². The average molecular weight is 180 g/mol. The molecular weight excluding hydrogens is 164 g/mol. The third-order valence-corrected chi connectivity index (χ3v) is 1.87. The van der Waals surface area contributed by atoms with Crippen LogP contribution < -0.4 is 4.74 Å². The van der Waals surface area contributed by atoms with Crippen LogP contribution >= 0.6 is 0 Å². The second-order valence-corrected chi connectivity index (χ2v) is 3.17. The summed E-state index contributed by atoms with van der Waals surface area (Å²) in [6.07, 6.45) is 2.12. The van der Waals surface area contributed by atoms with Crippen molar-refractivity contribution in [3.05, 3.63) is 23.8 Å². The first-order chi connectivity index (χ1) is 6.24. The van der Waals surface area contributed by atoms with Crippen molar-refractivity contribution in [2.45, 2.75) is 26.7 Å². The van der Waals surface area contributed by atoms with E-state index in [0.717, 1.165) is 18.4 Å². The molecule has 1 aromatic rings.